The van der Waals surface area contributed by atoms with Gasteiger partial charge in [-0.2, -0.15) is 0 Å². The molecule has 7 aromatic heterocycles. The number of nitrogens with zero attached hydrogens (tertiary/aromatic N) is 5. The lowest BCUT2D eigenvalue weighted by Crippen LogP contribution is -2.19. The Morgan fingerprint density at radius 1 is 0.148 bits per heavy atom. The van der Waals surface area contributed by atoms with E-state index in [0.29, 0.717) is 5.39 Å². The molecule has 540 valence electrons. The van der Waals surface area contributed by atoms with Crippen molar-refractivity contribution in [1.29, 1.82) is 0 Å². The standard InChI is InChI=1S/C43H27N3O.C31H17NOS2.C31H21NO/c47-43-34-20-8-7-17-31(34)36-26-37-33-19-10-12-22-39(33)45(29-15-5-2-6-16-29)41(37)27-42(36)46(43)30-23-24-40-35(25-30)32-18-9-11-21-38(32)44(40)28-13-3-1-4-14-28;33-31-22-10-2-1-7-19(22)23-16-25-21-9-4-6-12-28(21)35-30(25)17-26(23)32(31)18-13-14-29-24(15-18)20-8-3-5-11-27(20)34-29;33-31-28-14-8-7-13-27(28)29-21-25(23-11-5-2-6-12-23)17-20-30(29)32(31)26-18-15-24(16-19-26)22-9-3-1-4-10-22/h1-27H;1-17H;1-21H. The van der Waals surface area contributed by atoms with Crippen molar-refractivity contribution in [2.75, 3.05) is 0 Å². The third-order valence-corrected chi connectivity index (χ3v) is 25.1. The van der Waals surface area contributed by atoms with E-state index in [0.717, 1.165) is 149 Å². The van der Waals surface area contributed by atoms with Crippen LogP contribution in [0.4, 0.5) is 0 Å². The van der Waals surface area contributed by atoms with Crippen LogP contribution >= 0.6 is 22.7 Å². The summed E-state index contributed by atoms with van der Waals surface area (Å²) in [7, 11) is 0. The number of rotatable bonds is 7. The van der Waals surface area contributed by atoms with Crippen molar-refractivity contribution >= 4 is 172 Å². The van der Waals surface area contributed by atoms with E-state index >= 15 is 0 Å². The van der Waals surface area contributed by atoms with Gasteiger partial charge in [0.2, 0.25) is 0 Å². The van der Waals surface area contributed by atoms with E-state index in [-0.39, 0.29) is 16.7 Å². The second kappa shape index (κ2) is 27.3. The third-order valence-electron chi connectivity index (χ3n) is 22.9. The minimum absolute atomic E-state index is 0.00183. The Balaban J connectivity index is 0.000000107. The number of hydrogen-bond donors (Lipinski definition) is 0. The Bertz CT molecular complexity index is 8280. The molecule has 115 heavy (non-hydrogen) atoms. The normalized spacial score (nSPS) is 11.8. The molecule has 0 unspecified atom stereocenters. The summed E-state index contributed by atoms with van der Waals surface area (Å²) in [6.45, 7) is 0. The first kappa shape index (κ1) is 67.1. The molecule has 0 amide bonds. The van der Waals surface area contributed by atoms with Crippen LogP contribution in [-0.4, -0.2) is 22.8 Å². The van der Waals surface area contributed by atoms with Gasteiger partial charge in [-0.25, -0.2) is 0 Å². The predicted molar refractivity (Wildman–Crippen MR) is 486 cm³/mol. The molecule has 0 spiro atoms. The maximum atomic E-state index is 14.6. The molecule has 0 atom stereocenters. The molecule has 0 aliphatic rings. The lowest BCUT2D eigenvalue weighted by molar-refractivity contribution is 1.06. The number of aromatic nitrogens is 5. The topological polar surface area (TPSA) is 75.9 Å². The lowest BCUT2D eigenvalue weighted by Gasteiger charge is -2.15. The van der Waals surface area contributed by atoms with Gasteiger partial charge >= 0.3 is 0 Å². The molecule has 17 aromatic carbocycles. The zero-order valence-corrected chi connectivity index (χ0v) is 63.4. The van der Waals surface area contributed by atoms with Crippen molar-refractivity contribution in [2.45, 2.75) is 0 Å². The second-order valence-electron chi connectivity index (χ2n) is 29.3. The van der Waals surface area contributed by atoms with Gasteiger partial charge in [0.25, 0.3) is 16.7 Å². The van der Waals surface area contributed by atoms with Gasteiger partial charge in [-0.15, -0.1) is 22.7 Å². The molecule has 0 aliphatic heterocycles. The summed E-state index contributed by atoms with van der Waals surface area (Å²) in [5.41, 5.74) is 16.6. The van der Waals surface area contributed by atoms with Crippen molar-refractivity contribution in [1.82, 2.24) is 22.8 Å². The van der Waals surface area contributed by atoms with Crippen LogP contribution in [0.5, 0.6) is 0 Å². The molecular formula is C105H65N5O3S2. The molecule has 8 nitrogen and oxygen atoms in total. The zero-order valence-electron chi connectivity index (χ0n) is 61.8. The van der Waals surface area contributed by atoms with Crippen molar-refractivity contribution in [3.63, 3.8) is 0 Å². The van der Waals surface area contributed by atoms with Crippen LogP contribution in [0.25, 0.3) is 200 Å². The highest BCUT2D eigenvalue weighted by Gasteiger charge is 2.23. The largest absolute Gasteiger partial charge is 0.309 e. The van der Waals surface area contributed by atoms with Gasteiger partial charge < -0.3 is 9.13 Å². The summed E-state index contributed by atoms with van der Waals surface area (Å²) >= 11 is 3.58. The van der Waals surface area contributed by atoms with Gasteiger partial charge in [-0.3, -0.25) is 28.1 Å². The van der Waals surface area contributed by atoms with E-state index in [4.69, 9.17) is 0 Å². The quantitative estimate of drug-likeness (QED) is 0.149. The molecule has 0 radical (unpaired) electrons. The summed E-state index contributed by atoms with van der Waals surface area (Å²) < 4.78 is 15.2. The Labute approximate surface area is 665 Å². The summed E-state index contributed by atoms with van der Waals surface area (Å²) in [6, 6.07) is 136. The smallest absolute Gasteiger partial charge is 0.263 e. The number of para-hydroxylation sites is 4. The first-order chi connectivity index (χ1) is 56.8. The van der Waals surface area contributed by atoms with Gasteiger partial charge in [0.05, 0.1) is 44.3 Å². The molecule has 0 aliphatic carbocycles. The maximum Gasteiger partial charge on any atom is 0.263 e. The van der Waals surface area contributed by atoms with E-state index in [9.17, 15) is 14.4 Å². The second-order valence-corrected chi connectivity index (χ2v) is 31.4. The molecule has 0 saturated heterocycles. The minimum atomic E-state index is -0.0269. The molecular weight excluding hydrogens is 1440 g/mol. The van der Waals surface area contributed by atoms with Crippen molar-refractivity contribution in [3.8, 4) is 50.7 Å². The van der Waals surface area contributed by atoms with Crippen LogP contribution in [-0.2, 0) is 0 Å². The van der Waals surface area contributed by atoms with Gasteiger partial charge in [0.1, 0.15) is 0 Å². The third kappa shape index (κ3) is 11.0. The van der Waals surface area contributed by atoms with Crippen LogP contribution in [0.3, 0.4) is 0 Å². The van der Waals surface area contributed by atoms with E-state index in [2.05, 4.69) is 282 Å². The first-order valence-electron chi connectivity index (χ1n) is 38.6. The Kier molecular flexibility index (Phi) is 15.9. The summed E-state index contributed by atoms with van der Waals surface area (Å²) in [4.78, 5) is 42.2. The Morgan fingerprint density at radius 3 is 0.983 bits per heavy atom. The predicted octanol–water partition coefficient (Wildman–Crippen LogP) is 26.7. The van der Waals surface area contributed by atoms with Crippen LogP contribution in [0, 0.1) is 0 Å². The number of pyridine rings is 3. The average Bonchev–Trinajstić information content (AvgIpc) is 1.62. The van der Waals surface area contributed by atoms with Crippen LogP contribution in [0.1, 0.15) is 0 Å². The summed E-state index contributed by atoms with van der Waals surface area (Å²) in [5, 5.41) is 17.9. The highest BCUT2D eigenvalue weighted by Crippen LogP contribution is 2.43. The van der Waals surface area contributed by atoms with E-state index < -0.39 is 0 Å². The van der Waals surface area contributed by atoms with Gasteiger partial charge in [0, 0.05) is 117 Å². The highest BCUT2D eigenvalue weighted by molar-refractivity contribution is 7.26. The van der Waals surface area contributed by atoms with E-state index in [1.54, 1.807) is 22.7 Å². The fourth-order valence-corrected chi connectivity index (χ4v) is 19.8. The summed E-state index contributed by atoms with van der Waals surface area (Å²) in [6.07, 6.45) is 0. The SMILES string of the molecule is O=c1c2ccccc2c2cc(-c3ccccc3)ccc2n1-c1ccc(-c2ccccc2)cc1.O=c1c2ccccc2c2cc3c(cc2n1-c1ccc2sc4ccccc4c2c1)sc1ccccc13.O=c1c2ccccc2c2cc3c4ccccc4n(-c4ccccc4)c3cc2n1-c1ccc2c(c1)c1ccccc1n2-c1ccccc1. The lowest BCUT2D eigenvalue weighted by atomic mass is 9.99. The monoisotopic (exact) mass is 1510 g/mol. The van der Waals surface area contributed by atoms with E-state index in [1.165, 1.54) is 45.7 Å². The fraction of sp³-hybridized carbons (Fsp3) is 0. The van der Waals surface area contributed by atoms with E-state index in [1.807, 2.05) is 135 Å². The molecule has 7 heterocycles. The van der Waals surface area contributed by atoms with Crippen molar-refractivity contribution < 1.29 is 0 Å². The van der Waals surface area contributed by atoms with Crippen LogP contribution in [0.15, 0.2) is 409 Å². The number of fused-ring (bicyclic) bond motifs is 21. The number of hydrogen-bond acceptors (Lipinski definition) is 5. The van der Waals surface area contributed by atoms with Crippen molar-refractivity contribution in [2.24, 2.45) is 0 Å². The van der Waals surface area contributed by atoms with Gasteiger partial charge in [-0.05, 0) is 190 Å². The molecule has 24 rings (SSSR count). The molecule has 0 bridgehead atoms. The van der Waals surface area contributed by atoms with Crippen molar-refractivity contribution in [3.05, 3.63) is 425 Å². The Morgan fingerprint density at radius 2 is 0.443 bits per heavy atom. The van der Waals surface area contributed by atoms with Gasteiger partial charge in [0.15, 0.2) is 0 Å². The first-order valence-corrected chi connectivity index (χ1v) is 40.2. The number of benzene rings is 17. The molecule has 0 N–H and O–H groups in total. The van der Waals surface area contributed by atoms with Crippen LogP contribution in [0.2, 0.25) is 0 Å². The molecule has 0 fully saturated rings. The fourth-order valence-electron chi connectivity index (χ4n) is 17.6. The Hall–Kier alpha value is -14.8. The maximum absolute atomic E-state index is 14.6. The van der Waals surface area contributed by atoms with Crippen LogP contribution < -0.4 is 16.7 Å². The van der Waals surface area contributed by atoms with Gasteiger partial charge in [-0.1, -0.05) is 243 Å². The number of thiophene rings is 2. The molecule has 24 aromatic rings. The highest BCUT2D eigenvalue weighted by atomic mass is 32.1. The zero-order chi connectivity index (χ0) is 76.4. The minimum Gasteiger partial charge on any atom is -0.309 e. The molecule has 0 saturated carbocycles. The summed E-state index contributed by atoms with van der Waals surface area (Å²) in [5.74, 6) is 0. The average molecular weight is 1510 g/mol. The molecule has 10 heteroatoms.